The lowest BCUT2D eigenvalue weighted by molar-refractivity contribution is -0.212. The predicted octanol–water partition coefficient (Wildman–Crippen LogP) is 4.24. The summed E-state index contributed by atoms with van der Waals surface area (Å²) in [5.41, 5.74) is -1.57. The molecule has 2 unspecified atom stereocenters. The molecule has 2 atom stereocenters. The molecule has 130 valence electrons. The molecule has 0 N–H and O–H groups in total. The number of rotatable bonds is 9. The molecule has 5 nitrogen and oxygen atoms in total. The maximum absolute atomic E-state index is 13.1. The molecule has 22 heavy (non-hydrogen) atoms. The molecule has 0 bridgehead atoms. The average molecular weight is 346 g/mol. The molecule has 0 saturated heterocycles. The van der Waals surface area contributed by atoms with Crippen molar-refractivity contribution in [1.82, 2.24) is 0 Å². The van der Waals surface area contributed by atoms with E-state index in [9.17, 15) is 17.7 Å². The third-order valence-electron chi connectivity index (χ3n) is 2.91. The Morgan fingerprint density at radius 2 is 1.82 bits per heavy atom. The molecule has 0 amide bonds. The molecule has 0 spiro atoms. The van der Waals surface area contributed by atoms with E-state index in [0.717, 1.165) is 12.5 Å². The Kier molecular flexibility index (Phi) is 7.22. The summed E-state index contributed by atoms with van der Waals surface area (Å²) in [6.45, 7) is 5.16. The summed E-state index contributed by atoms with van der Waals surface area (Å²) < 4.78 is 72.0. The lowest BCUT2D eigenvalue weighted by Gasteiger charge is -2.27. The normalized spacial score (nSPS) is 22.4. The highest BCUT2D eigenvalue weighted by molar-refractivity contribution is 7.55. The molecule has 0 aromatic carbocycles. The van der Waals surface area contributed by atoms with E-state index in [1.54, 1.807) is 0 Å². The summed E-state index contributed by atoms with van der Waals surface area (Å²) in [4.78, 5) is 0. The van der Waals surface area contributed by atoms with Gasteiger partial charge in [0.2, 0.25) is 6.10 Å². The van der Waals surface area contributed by atoms with Crippen molar-refractivity contribution in [3.05, 3.63) is 12.0 Å². The maximum Gasteiger partial charge on any atom is 0.426 e. The molecule has 1 aliphatic rings. The number of ether oxygens (including phenoxy) is 2. The van der Waals surface area contributed by atoms with Gasteiger partial charge in [0.1, 0.15) is 5.66 Å². The van der Waals surface area contributed by atoms with Crippen LogP contribution in [0.3, 0.4) is 0 Å². The smallest absolute Gasteiger partial charge is 0.426 e. The van der Waals surface area contributed by atoms with Gasteiger partial charge < -0.3 is 18.5 Å². The Bertz CT molecular complexity index is 414. The minimum absolute atomic E-state index is 0.0295. The van der Waals surface area contributed by atoms with Crippen molar-refractivity contribution in [2.75, 3.05) is 19.8 Å². The SMILES string of the molecule is CCCCOC1=CC(P(=O)(OCC)OCC)C(C(F)(F)F)O1. The van der Waals surface area contributed by atoms with Gasteiger partial charge in [0.15, 0.2) is 0 Å². The van der Waals surface area contributed by atoms with Crippen LogP contribution in [0.15, 0.2) is 12.0 Å². The Labute approximate surface area is 128 Å². The average Bonchev–Trinajstić information content (AvgIpc) is 2.84. The van der Waals surface area contributed by atoms with Gasteiger partial charge in [0.05, 0.1) is 19.8 Å². The zero-order valence-corrected chi connectivity index (χ0v) is 13.8. The minimum atomic E-state index is -4.71. The van der Waals surface area contributed by atoms with Gasteiger partial charge in [-0.1, -0.05) is 13.3 Å². The van der Waals surface area contributed by atoms with Crippen LogP contribution in [0.1, 0.15) is 33.6 Å². The molecule has 1 aliphatic heterocycles. The molecule has 0 aromatic heterocycles. The molecule has 9 heteroatoms. The number of alkyl halides is 3. The highest BCUT2D eigenvalue weighted by Gasteiger charge is 2.57. The van der Waals surface area contributed by atoms with Crippen LogP contribution in [0, 0.1) is 0 Å². The van der Waals surface area contributed by atoms with Crippen LogP contribution in [0.5, 0.6) is 0 Å². The predicted molar refractivity (Wildman–Crippen MR) is 74.5 cm³/mol. The van der Waals surface area contributed by atoms with Gasteiger partial charge in [-0.2, -0.15) is 13.2 Å². The van der Waals surface area contributed by atoms with Crippen molar-refractivity contribution in [2.24, 2.45) is 0 Å². The van der Waals surface area contributed by atoms with Gasteiger partial charge in [0.25, 0.3) is 5.95 Å². The van der Waals surface area contributed by atoms with Crippen LogP contribution in [0.4, 0.5) is 13.2 Å². The van der Waals surface area contributed by atoms with E-state index in [4.69, 9.17) is 18.5 Å². The molecule has 0 aromatic rings. The van der Waals surface area contributed by atoms with E-state index >= 15 is 0 Å². The minimum Gasteiger partial charge on any atom is -0.466 e. The first-order chi connectivity index (χ1) is 10.3. The third-order valence-corrected chi connectivity index (χ3v) is 5.29. The zero-order valence-electron chi connectivity index (χ0n) is 12.9. The molecule has 0 radical (unpaired) electrons. The first-order valence-electron chi connectivity index (χ1n) is 7.25. The van der Waals surface area contributed by atoms with Crippen LogP contribution in [0.25, 0.3) is 0 Å². The van der Waals surface area contributed by atoms with E-state index < -0.39 is 25.5 Å². The second kappa shape index (κ2) is 8.22. The van der Waals surface area contributed by atoms with E-state index in [0.29, 0.717) is 6.42 Å². The third kappa shape index (κ3) is 4.89. The van der Waals surface area contributed by atoms with Crippen LogP contribution >= 0.6 is 7.60 Å². The highest BCUT2D eigenvalue weighted by Crippen LogP contribution is 2.59. The number of halogens is 3. The van der Waals surface area contributed by atoms with E-state index in [2.05, 4.69) is 0 Å². The number of hydrogen-bond acceptors (Lipinski definition) is 5. The first kappa shape index (κ1) is 19.3. The quantitative estimate of drug-likeness (QED) is 0.462. The molecule has 0 fully saturated rings. The standard InChI is InChI=1S/C13H22F3O5P/c1-4-7-8-18-11-9-10(12(21-11)13(14,15)16)22(17,19-5-2)20-6-3/h9-10,12H,4-8H2,1-3H3. The zero-order chi connectivity index (χ0) is 16.8. The summed E-state index contributed by atoms with van der Waals surface area (Å²) in [5, 5.41) is 0. The van der Waals surface area contributed by atoms with Gasteiger partial charge in [-0.05, 0) is 20.3 Å². The Morgan fingerprint density at radius 3 is 2.27 bits per heavy atom. The Morgan fingerprint density at radius 1 is 1.23 bits per heavy atom. The number of unbranched alkanes of at least 4 members (excludes halogenated alkanes) is 1. The van der Waals surface area contributed by atoms with E-state index in [-0.39, 0.29) is 25.8 Å². The fourth-order valence-electron chi connectivity index (χ4n) is 1.95. The molecule has 0 aliphatic carbocycles. The Balaban J connectivity index is 2.99. The van der Waals surface area contributed by atoms with Crippen LogP contribution in [-0.4, -0.2) is 37.8 Å². The lowest BCUT2D eigenvalue weighted by Crippen LogP contribution is -2.38. The molecular weight excluding hydrogens is 324 g/mol. The monoisotopic (exact) mass is 346 g/mol. The van der Waals surface area contributed by atoms with Crippen molar-refractivity contribution in [2.45, 2.75) is 51.6 Å². The second-order valence-corrected chi connectivity index (χ2v) is 6.83. The summed E-state index contributed by atoms with van der Waals surface area (Å²) in [5.74, 6) is -0.277. The number of hydrogen-bond donors (Lipinski definition) is 0. The van der Waals surface area contributed by atoms with Crippen LogP contribution in [-0.2, 0) is 23.1 Å². The van der Waals surface area contributed by atoms with Crippen molar-refractivity contribution in [1.29, 1.82) is 0 Å². The molecule has 1 heterocycles. The van der Waals surface area contributed by atoms with Crippen molar-refractivity contribution >= 4 is 7.60 Å². The van der Waals surface area contributed by atoms with E-state index in [1.807, 2.05) is 6.92 Å². The first-order valence-corrected chi connectivity index (χ1v) is 8.86. The largest absolute Gasteiger partial charge is 0.466 e. The van der Waals surface area contributed by atoms with Crippen LogP contribution in [0.2, 0.25) is 0 Å². The van der Waals surface area contributed by atoms with Crippen LogP contribution < -0.4 is 0 Å². The summed E-state index contributed by atoms with van der Waals surface area (Å²) in [6, 6.07) is 0. The van der Waals surface area contributed by atoms with Gasteiger partial charge >= 0.3 is 13.8 Å². The fraction of sp³-hybridized carbons (Fsp3) is 0.846. The van der Waals surface area contributed by atoms with Crippen molar-refractivity contribution in [3.8, 4) is 0 Å². The summed E-state index contributed by atoms with van der Waals surface area (Å²) in [7, 11) is -4.00. The fourth-order valence-corrected chi connectivity index (χ4v) is 3.95. The topological polar surface area (TPSA) is 54.0 Å². The second-order valence-electron chi connectivity index (χ2n) is 4.63. The van der Waals surface area contributed by atoms with Crippen molar-refractivity contribution in [3.63, 3.8) is 0 Å². The van der Waals surface area contributed by atoms with Gasteiger partial charge in [-0.3, -0.25) is 4.57 Å². The Hall–Kier alpha value is -0.720. The van der Waals surface area contributed by atoms with E-state index in [1.165, 1.54) is 13.8 Å². The summed E-state index contributed by atoms with van der Waals surface area (Å²) >= 11 is 0. The van der Waals surface area contributed by atoms with Gasteiger partial charge in [-0.15, -0.1) is 0 Å². The maximum atomic E-state index is 13.1. The lowest BCUT2D eigenvalue weighted by atomic mass is 10.2. The van der Waals surface area contributed by atoms with Gasteiger partial charge in [0, 0.05) is 6.08 Å². The summed E-state index contributed by atoms with van der Waals surface area (Å²) in [6.07, 6.45) is -4.44. The molecule has 0 saturated carbocycles. The molecule has 1 rings (SSSR count). The van der Waals surface area contributed by atoms with Crippen molar-refractivity contribution < 1.29 is 36.3 Å². The molecular formula is C13H22F3O5P. The van der Waals surface area contributed by atoms with Gasteiger partial charge in [-0.25, -0.2) is 0 Å². The highest BCUT2D eigenvalue weighted by atomic mass is 31.2.